The molecule has 0 heterocycles. The van der Waals surface area contributed by atoms with Gasteiger partial charge in [0.25, 0.3) is 0 Å². The van der Waals surface area contributed by atoms with E-state index < -0.39 is 0 Å². The second-order valence-electron chi connectivity index (χ2n) is 5.44. The van der Waals surface area contributed by atoms with E-state index in [1.165, 1.54) is 19.3 Å². The fourth-order valence-electron chi connectivity index (χ4n) is 2.86. The molecule has 2 unspecified atom stereocenters. The SMILES string of the molecule is CC1CC(C)CC(Oc2cccc(CCl)c2)C1. The second-order valence-corrected chi connectivity index (χ2v) is 5.71. The van der Waals surface area contributed by atoms with Gasteiger partial charge in [0, 0.05) is 5.88 Å². The molecule has 0 spiro atoms. The van der Waals surface area contributed by atoms with Crippen LogP contribution in [-0.2, 0) is 5.88 Å². The first-order valence-electron chi connectivity index (χ1n) is 6.49. The van der Waals surface area contributed by atoms with Gasteiger partial charge < -0.3 is 4.74 Å². The van der Waals surface area contributed by atoms with E-state index in [1.54, 1.807) is 0 Å². The van der Waals surface area contributed by atoms with Crippen molar-refractivity contribution in [2.24, 2.45) is 11.8 Å². The van der Waals surface area contributed by atoms with Crippen LogP contribution in [0, 0.1) is 11.8 Å². The van der Waals surface area contributed by atoms with E-state index in [2.05, 4.69) is 19.9 Å². The number of hydrogen-bond donors (Lipinski definition) is 0. The van der Waals surface area contributed by atoms with Crippen LogP contribution < -0.4 is 4.74 Å². The van der Waals surface area contributed by atoms with Crippen LogP contribution in [0.5, 0.6) is 5.75 Å². The van der Waals surface area contributed by atoms with Gasteiger partial charge in [-0.2, -0.15) is 0 Å². The number of halogens is 1. The van der Waals surface area contributed by atoms with Crippen LogP contribution >= 0.6 is 11.6 Å². The first-order valence-corrected chi connectivity index (χ1v) is 7.02. The molecule has 17 heavy (non-hydrogen) atoms. The monoisotopic (exact) mass is 252 g/mol. The molecule has 1 aromatic rings. The molecule has 0 bridgehead atoms. The Kier molecular flexibility index (Phi) is 4.33. The van der Waals surface area contributed by atoms with Gasteiger partial charge in [0.05, 0.1) is 6.10 Å². The van der Waals surface area contributed by atoms with Crippen LogP contribution in [0.1, 0.15) is 38.7 Å². The minimum atomic E-state index is 0.374. The molecule has 0 radical (unpaired) electrons. The van der Waals surface area contributed by atoms with Crippen LogP contribution in [0.4, 0.5) is 0 Å². The summed E-state index contributed by atoms with van der Waals surface area (Å²) in [7, 11) is 0. The van der Waals surface area contributed by atoms with Crippen LogP contribution in [0.15, 0.2) is 24.3 Å². The summed E-state index contributed by atoms with van der Waals surface area (Å²) in [5.41, 5.74) is 1.13. The molecule has 0 N–H and O–H groups in total. The van der Waals surface area contributed by atoms with E-state index in [-0.39, 0.29) is 0 Å². The van der Waals surface area contributed by atoms with Crippen molar-refractivity contribution < 1.29 is 4.74 Å². The van der Waals surface area contributed by atoms with Crippen molar-refractivity contribution in [2.45, 2.75) is 45.1 Å². The molecule has 94 valence electrons. The molecule has 0 amide bonds. The Balaban J connectivity index is 1.99. The summed E-state index contributed by atoms with van der Waals surface area (Å²) >= 11 is 5.83. The Morgan fingerprint density at radius 3 is 2.53 bits per heavy atom. The fraction of sp³-hybridized carbons (Fsp3) is 0.600. The van der Waals surface area contributed by atoms with Gasteiger partial charge in [-0.05, 0) is 48.8 Å². The predicted octanol–water partition coefficient (Wildman–Crippen LogP) is 4.63. The van der Waals surface area contributed by atoms with Crippen molar-refractivity contribution in [1.82, 2.24) is 0 Å². The van der Waals surface area contributed by atoms with Crippen LogP contribution in [-0.4, -0.2) is 6.10 Å². The lowest BCUT2D eigenvalue weighted by atomic mass is 9.82. The van der Waals surface area contributed by atoms with Gasteiger partial charge in [0.15, 0.2) is 0 Å². The molecule has 1 aliphatic rings. The summed E-state index contributed by atoms with van der Waals surface area (Å²) in [4.78, 5) is 0. The summed E-state index contributed by atoms with van der Waals surface area (Å²) in [5, 5.41) is 0. The van der Waals surface area contributed by atoms with Crippen LogP contribution in [0.3, 0.4) is 0 Å². The number of alkyl halides is 1. The summed E-state index contributed by atoms with van der Waals surface area (Å²) in [6, 6.07) is 8.13. The molecule has 2 heteroatoms. The molecule has 1 aliphatic carbocycles. The summed E-state index contributed by atoms with van der Waals surface area (Å²) in [6.45, 7) is 4.64. The highest BCUT2D eigenvalue weighted by molar-refractivity contribution is 6.17. The molecule has 2 rings (SSSR count). The first kappa shape index (κ1) is 12.8. The molecule has 2 atom stereocenters. The van der Waals surface area contributed by atoms with Gasteiger partial charge in [0.1, 0.15) is 5.75 Å². The van der Waals surface area contributed by atoms with E-state index in [9.17, 15) is 0 Å². The van der Waals surface area contributed by atoms with Crippen LogP contribution in [0.2, 0.25) is 0 Å². The number of rotatable bonds is 3. The van der Waals surface area contributed by atoms with Crippen molar-refractivity contribution in [3.05, 3.63) is 29.8 Å². The average Bonchev–Trinajstić information content (AvgIpc) is 2.28. The molecule has 1 nitrogen and oxygen atoms in total. The Morgan fingerprint density at radius 2 is 1.88 bits per heavy atom. The molecule has 1 aromatic carbocycles. The lowest BCUT2D eigenvalue weighted by Crippen LogP contribution is -2.28. The molecule has 1 fully saturated rings. The molecule has 1 saturated carbocycles. The minimum absolute atomic E-state index is 0.374. The third kappa shape index (κ3) is 3.64. The third-order valence-electron chi connectivity index (χ3n) is 3.49. The van der Waals surface area contributed by atoms with Crippen molar-refractivity contribution in [3.8, 4) is 5.75 Å². The fourth-order valence-corrected chi connectivity index (χ4v) is 3.03. The quantitative estimate of drug-likeness (QED) is 0.713. The minimum Gasteiger partial charge on any atom is -0.490 e. The molecular weight excluding hydrogens is 232 g/mol. The maximum atomic E-state index is 6.08. The second kappa shape index (κ2) is 5.77. The number of ether oxygens (including phenoxy) is 1. The van der Waals surface area contributed by atoms with Gasteiger partial charge in [-0.15, -0.1) is 11.6 Å². The summed E-state index contributed by atoms with van der Waals surface area (Å²) in [6.07, 6.45) is 4.06. The van der Waals surface area contributed by atoms with E-state index in [4.69, 9.17) is 16.3 Å². The number of hydrogen-bond acceptors (Lipinski definition) is 1. The van der Waals surface area contributed by atoms with Crippen molar-refractivity contribution >= 4 is 11.6 Å². The molecule has 0 aliphatic heterocycles. The highest BCUT2D eigenvalue weighted by Gasteiger charge is 2.25. The summed E-state index contributed by atoms with van der Waals surface area (Å²) < 4.78 is 6.08. The first-order chi connectivity index (χ1) is 8.17. The normalized spacial score (nSPS) is 29.0. The third-order valence-corrected chi connectivity index (χ3v) is 3.80. The molecular formula is C15H21ClO. The zero-order valence-corrected chi connectivity index (χ0v) is 11.4. The van der Waals surface area contributed by atoms with Gasteiger partial charge in [0.2, 0.25) is 0 Å². The highest BCUT2D eigenvalue weighted by Crippen LogP contribution is 2.31. The lowest BCUT2D eigenvalue weighted by Gasteiger charge is -2.31. The Morgan fingerprint density at radius 1 is 1.18 bits per heavy atom. The standard InChI is InChI=1S/C15H21ClO/c1-11-6-12(2)8-15(7-11)17-14-5-3-4-13(9-14)10-16/h3-5,9,11-12,15H,6-8,10H2,1-2H3. The van der Waals surface area contributed by atoms with E-state index in [0.29, 0.717) is 12.0 Å². The summed E-state index contributed by atoms with van der Waals surface area (Å²) in [5.74, 6) is 3.07. The largest absolute Gasteiger partial charge is 0.490 e. The maximum Gasteiger partial charge on any atom is 0.120 e. The van der Waals surface area contributed by atoms with E-state index in [0.717, 1.165) is 23.1 Å². The Bertz CT molecular complexity index is 354. The van der Waals surface area contributed by atoms with Gasteiger partial charge >= 0.3 is 0 Å². The predicted molar refractivity (Wildman–Crippen MR) is 72.6 cm³/mol. The number of benzene rings is 1. The van der Waals surface area contributed by atoms with Gasteiger partial charge in [-0.25, -0.2) is 0 Å². The van der Waals surface area contributed by atoms with Crippen molar-refractivity contribution in [1.29, 1.82) is 0 Å². The van der Waals surface area contributed by atoms with E-state index >= 15 is 0 Å². The van der Waals surface area contributed by atoms with Crippen molar-refractivity contribution in [3.63, 3.8) is 0 Å². The van der Waals surface area contributed by atoms with Crippen LogP contribution in [0.25, 0.3) is 0 Å². The van der Waals surface area contributed by atoms with E-state index in [1.807, 2.05) is 18.2 Å². The highest BCUT2D eigenvalue weighted by atomic mass is 35.5. The molecule has 0 aromatic heterocycles. The smallest absolute Gasteiger partial charge is 0.120 e. The zero-order chi connectivity index (χ0) is 12.3. The average molecular weight is 253 g/mol. The maximum absolute atomic E-state index is 6.08. The Labute approximate surface area is 109 Å². The van der Waals surface area contributed by atoms with Gasteiger partial charge in [-0.3, -0.25) is 0 Å². The van der Waals surface area contributed by atoms with Crippen molar-refractivity contribution in [2.75, 3.05) is 0 Å². The Hall–Kier alpha value is -0.690. The van der Waals surface area contributed by atoms with Gasteiger partial charge in [-0.1, -0.05) is 26.0 Å². The topological polar surface area (TPSA) is 9.23 Å². The molecule has 0 saturated heterocycles. The zero-order valence-electron chi connectivity index (χ0n) is 10.7. The lowest BCUT2D eigenvalue weighted by molar-refractivity contribution is 0.101.